The lowest BCUT2D eigenvalue weighted by Gasteiger charge is -2.52. The van der Waals surface area contributed by atoms with Gasteiger partial charge in [-0.1, -0.05) is 12.8 Å². The van der Waals surface area contributed by atoms with Crippen LogP contribution in [0.2, 0.25) is 0 Å². The van der Waals surface area contributed by atoms with Crippen LogP contribution in [0.25, 0.3) is 0 Å². The average molecular weight is 293 g/mol. The molecule has 2 saturated carbocycles. The normalized spacial score (nSPS) is 36.7. The van der Waals surface area contributed by atoms with Gasteiger partial charge in [0.25, 0.3) is 0 Å². The molecule has 3 heteroatoms. The van der Waals surface area contributed by atoms with Crippen LogP contribution in [0.1, 0.15) is 70.6 Å². The van der Waals surface area contributed by atoms with Gasteiger partial charge in [0.2, 0.25) is 0 Å². The molecule has 0 aromatic heterocycles. The molecule has 2 aliphatic heterocycles. The first-order valence-electron chi connectivity index (χ1n) is 9.31. The summed E-state index contributed by atoms with van der Waals surface area (Å²) in [5, 5.41) is 11.3. The second-order valence-corrected chi connectivity index (χ2v) is 8.09. The predicted octanol–water partition coefficient (Wildman–Crippen LogP) is 3.11. The molecule has 4 aliphatic rings. The molecule has 120 valence electrons. The molecule has 0 radical (unpaired) electrons. The number of aliphatic hydroxyl groups is 1. The molecule has 4 fully saturated rings. The van der Waals surface area contributed by atoms with Crippen LogP contribution in [0, 0.1) is 5.92 Å². The Balaban J connectivity index is 1.52. The third kappa shape index (κ3) is 2.36. The van der Waals surface area contributed by atoms with E-state index in [1.807, 2.05) is 0 Å². The van der Waals surface area contributed by atoms with Crippen molar-refractivity contribution in [2.75, 3.05) is 19.7 Å². The lowest BCUT2D eigenvalue weighted by Crippen LogP contribution is -2.59. The van der Waals surface area contributed by atoms with Crippen LogP contribution in [0.3, 0.4) is 0 Å². The molecule has 1 N–H and O–H groups in total. The largest absolute Gasteiger partial charge is 0.391 e. The highest BCUT2D eigenvalue weighted by Gasteiger charge is 2.52. The molecule has 2 unspecified atom stereocenters. The van der Waals surface area contributed by atoms with Gasteiger partial charge in [-0.25, -0.2) is 0 Å². The van der Waals surface area contributed by atoms with Gasteiger partial charge in [-0.3, -0.25) is 4.90 Å². The Kier molecular flexibility index (Phi) is 3.79. The highest BCUT2D eigenvalue weighted by atomic mass is 16.5. The lowest BCUT2D eigenvalue weighted by atomic mass is 9.68. The lowest BCUT2D eigenvalue weighted by molar-refractivity contribution is -0.171. The summed E-state index contributed by atoms with van der Waals surface area (Å²) >= 11 is 0. The predicted molar refractivity (Wildman–Crippen MR) is 83.3 cm³/mol. The fourth-order valence-electron chi connectivity index (χ4n) is 5.64. The fraction of sp³-hybridized carbons (Fsp3) is 1.00. The molecule has 4 rings (SSSR count). The molecule has 1 spiro atoms. The van der Waals surface area contributed by atoms with E-state index >= 15 is 0 Å². The summed E-state index contributed by atoms with van der Waals surface area (Å²) in [7, 11) is 0. The summed E-state index contributed by atoms with van der Waals surface area (Å²) in [6.45, 7) is 3.30. The number of aliphatic hydroxyl groups excluding tert-OH is 1. The van der Waals surface area contributed by atoms with Crippen molar-refractivity contribution >= 4 is 0 Å². The Bertz CT molecular complexity index is 367. The van der Waals surface area contributed by atoms with Crippen LogP contribution < -0.4 is 0 Å². The maximum atomic E-state index is 11.3. The number of likely N-dealkylation sites (tertiary alicyclic amines) is 1. The quantitative estimate of drug-likeness (QED) is 0.868. The van der Waals surface area contributed by atoms with Crippen molar-refractivity contribution in [2.24, 2.45) is 5.92 Å². The Morgan fingerprint density at radius 2 is 1.67 bits per heavy atom. The van der Waals surface area contributed by atoms with E-state index in [1.54, 1.807) is 0 Å². The molecule has 0 bridgehead atoms. The van der Waals surface area contributed by atoms with Gasteiger partial charge in [0, 0.05) is 12.1 Å². The van der Waals surface area contributed by atoms with E-state index in [1.165, 1.54) is 70.9 Å². The van der Waals surface area contributed by atoms with Crippen molar-refractivity contribution < 1.29 is 9.84 Å². The minimum atomic E-state index is -0.125. The van der Waals surface area contributed by atoms with Gasteiger partial charge in [0.15, 0.2) is 0 Å². The Hall–Kier alpha value is -0.120. The van der Waals surface area contributed by atoms with E-state index in [-0.39, 0.29) is 17.2 Å². The third-order valence-corrected chi connectivity index (χ3v) is 7.00. The van der Waals surface area contributed by atoms with Gasteiger partial charge in [0.1, 0.15) is 0 Å². The number of hydrogen-bond donors (Lipinski definition) is 1. The minimum Gasteiger partial charge on any atom is -0.391 e. The van der Waals surface area contributed by atoms with Crippen LogP contribution in [0.5, 0.6) is 0 Å². The molecule has 0 aromatic rings. The van der Waals surface area contributed by atoms with E-state index in [4.69, 9.17) is 4.74 Å². The van der Waals surface area contributed by atoms with Gasteiger partial charge < -0.3 is 9.84 Å². The Labute approximate surface area is 129 Å². The van der Waals surface area contributed by atoms with Gasteiger partial charge in [-0.15, -0.1) is 0 Å². The van der Waals surface area contributed by atoms with Crippen LogP contribution in [-0.4, -0.2) is 46.9 Å². The zero-order valence-electron chi connectivity index (χ0n) is 13.4. The summed E-state index contributed by atoms with van der Waals surface area (Å²) in [4.78, 5) is 2.66. The minimum absolute atomic E-state index is 0.115. The molecule has 0 aromatic carbocycles. The number of nitrogens with zero attached hydrogens (tertiary/aromatic N) is 1. The van der Waals surface area contributed by atoms with Gasteiger partial charge >= 0.3 is 0 Å². The van der Waals surface area contributed by atoms with E-state index in [0.29, 0.717) is 5.92 Å². The molecule has 21 heavy (non-hydrogen) atoms. The smallest absolute Gasteiger partial charge is 0.0753 e. The summed E-state index contributed by atoms with van der Waals surface area (Å²) in [6.07, 6.45) is 13.5. The van der Waals surface area contributed by atoms with E-state index < -0.39 is 0 Å². The Morgan fingerprint density at radius 1 is 0.952 bits per heavy atom. The summed E-state index contributed by atoms with van der Waals surface area (Å²) in [6, 6.07) is 0. The van der Waals surface area contributed by atoms with Crippen molar-refractivity contribution in [3.63, 3.8) is 0 Å². The molecule has 2 heterocycles. The Morgan fingerprint density at radius 3 is 2.29 bits per heavy atom. The molecule has 0 amide bonds. The van der Waals surface area contributed by atoms with Crippen molar-refractivity contribution in [2.45, 2.75) is 87.9 Å². The maximum Gasteiger partial charge on any atom is 0.0753 e. The second-order valence-electron chi connectivity index (χ2n) is 8.09. The van der Waals surface area contributed by atoms with Crippen molar-refractivity contribution in [3.05, 3.63) is 0 Å². The van der Waals surface area contributed by atoms with E-state index in [0.717, 1.165) is 19.4 Å². The molecule has 2 aliphatic carbocycles. The van der Waals surface area contributed by atoms with E-state index in [2.05, 4.69) is 4.90 Å². The van der Waals surface area contributed by atoms with Crippen molar-refractivity contribution in [1.29, 1.82) is 0 Å². The molecule has 2 saturated heterocycles. The summed E-state index contributed by atoms with van der Waals surface area (Å²) < 4.78 is 6.08. The van der Waals surface area contributed by atoms with Crippen LogP contribution >= 0.6 is 0 Å². The highest BCUT2D eigenvalue weighted by molar-refractivity contribution is 5.06. The fourth-order valence-corrected chi connectivity index (χ4v) is 5.64. The summed E-state index contributed by atoms with van der Waals surface area (Å²) in [5.41, 5.74) is 0.276. The van der Waals surface area contributed by atoms with E-state index in [9.17, 15) is 5.11 Å². The molecule has 3 nitrogen and oxygen atoms in total. The molecule has 2 atom stereocenters. The van der Waals surface area contributed by atoms with Crippen molar-refractivity contribution in [1.82, 2.24) is 4.90 Å². The topological polar surface area (TPSA) is 32.7 Å². The summed E-state index contributed by atoms with van der Waals surface area (Å²) in [5.74, 6) is 0.470. The monoisotopic (exact) mass is 293 g/mol. The van der Waals surface area contributed by atoms with Gasteiger partial charge in [0.05, 0.1) is 11.7 Å². The first kappa shape index (κ1) is 14.5. The maximum absolute atomic E-state index is 11.3. The highest BCUT2D eigenvalue weighted by Crippen LogP contribution is 2.49. The molecular formula is C18H31NO2. The first-order chi connectivity index (χ1) is 10.2. The standard InChI is InChI=1S/C18H31NO2/c20-16(15-6-13-21-17(14-15)7-5-8-17)18(9-1-2-10-18)19-11-3-4-12-19/h15-16,20H,1-14H2. The van der Waals surface area contributed by atoms with Gasteiger partial charge in [-0.05, 0) is 76.8 Å². The van der Waals surface area contributed by atoms with Crippen LogP contribution in [0.15, 0.2) is 0 Å². The van der Waals surface area contributed by atoms with Gasteiger partial charge in [-0.2, -0.15) is 0 Å². The van der Waals surface area contributed by atoms with Crippen LogP contribution in [0.4, 0.5) is 0 Å². The first-order valence-corrected chi connectivity index (χ1v) is 9.31. The zero-order chi connectivity index (χ0) is 14.3. The molecular weight excluding hydrogens is 262 g/mol. The number of rotatable bonds is 3. The SMILES string of the molecule is OC(C1CCOC2(CCC2)C1)C1(N2CCCC2)CCCC1. The third-order valence-electron chi connectivity index (χ3n) is 7.00. The second kappa shape index (κ2) is 5.50. The van der Waals surface area contributed by atoms with Crippen molar-refractivity contribution in [3.8, 4) is 0 Å². The average Bonchev–Trinajstić information content (AvgIpc) is 3.16. The zero-order valence-corrected chi connectivity index (χ0v) is 13.4. The van der Waals surface area contributed by atoms with Crippen LogP contribution in [-0.2, 0) is 4.74 Å². The number of ether oxygens (including phenoxy) is 1. The number of hydrogen-bond acceptors (Lipinski definition) is 3.